The molecule has 1 saturated carbocycles. The van der Waals surface area contributed by atoms with Crippen molar-refractivity contribution in [3.63, 3.8) is 0 Å². The largest absolute Gasteiger partial charge is 0.497 e. The van der Waals surface area contributed by atoms with E-state index in [1.54, 1.807) is 19.2 Å². The van der Waals surface area contributed by atoms with Crippen LogP contribution in [0, 0.1) is 11.2 Å². The number of amides is 1. The van der Waals surface area contributed by atoms with Crippen LogP contribution in [0.25, 0.3) is 0 Å². The summed E-state index contributed by atoms with van der Waals surface area (Å²) in [4.78, 5) is 11.9. The summed E-state index contributed by atoms with van der Waals surface area (Å²) in [5, 5.41) is 2.96. The molecule has 2 rings (SSSR count). The van der Waals surface area contributed by atoms with Gasteiger partial charge in [0.2, 0.25) is 5.91 Å². The van der Waals surface area contributed by atoms with Gasteiger partial charge in [0.25, 0.3) is 0 Å². The first-order valence-electron chi connectivity index (χ1n) is 6.47. The molecular weight excluding hydrogens is 245 g/mol. The Hall–Kier alpha value is -1.58. The van der Waals surface area contributed by atoms with Crippen LogP contribution in [0.3, 0.4) is 0 Å². The molecule has 2 atom stereocenters. The first kappa shape index (κ1) is 13.8. The second kappa shape index (κ2) is 4.83. The minimum atomic E-state index is -0.417. The number of nitrogens with one attached hydrogen (secondary N) is 1. The fraction of sp³-hybridized carbons (Fsp3) is 0.533. The van der Waals surface area contributed by atoms with Crippen LogP contribution >= 0.6 is 0 Å². The minimum Gasteiger partial charge on any atom is -0.497 e. The average molecular weight is 265 g/mol. The van der Waals surface area contributed by atoms with Gasteiger partial charge in [0.05, 0.1) is 7.11 Å². The average Bonchev–Trinajstić information content (AvgIpc) is 3.07. The lowest BCUT2D eigenvalue weighted by Gasteiger charge is -2.17. The van der Waals surface area contributed by atoms with Crippen molar-refractivity contribution < 1.29 is 13.9 Å². The van der Waals surface area contributed by atoms with E-state index in [-0.39, 0.29) is 23.7 Å². The van der Waals surface area contributed by atoms with Crippen LogP contribution in [-0.4, -0.2) is 19.1 Å². The number of carbonyl (C=O) groups is 1. The second-order valence-corrected chi connectivity index (χ2v) is 6.06. The van der Waals surface area contributed by atoms with E-state index in [9.17, 15) is 9.18 Å². The molecule has 2 unspecified atom stereocenters. The van der Waals surface area contributed by atoms with Crippen molar-refractivity contribution in [2.75, 3.05) is 7.11 Å². The van der Waals surface area contributed by atoms with Gasteiger partial charge in [-0.25, -0.2) is 4.39 Å². The Morgan fingerprint density at radius 1 is 1.42 bits per heavy atom. The summed E-state index contributed by atoms with van der Waals surface area (Å²) < 4.78 is 18.9. The summed E-state index contributed by atoms with van der Waals surface area (Å²) in [5.74, 6) is 0.465. The third kappa shape index (κ3) is 3.06. The Kier molecular flexibility index (Phi) is 3.52. The van der Waals surface area contributed by atoms with Crippen LogP contribution in [0.5, 0.6) is 5.75 Å². The number of carbonyl (C=O) groups excluding carboxylic acids is 1. The molecule has 1 fully saturated rings. The summed E-state index contributed by atoms with van der Waals surface area (Å²) in [6.45, 7) is 5.60. The summed E-state index contributed by atoms with van der Waals surface area (Å²) in [5.41, 5.74) is 0.207. The number of rotatable bonds is 3. The lowest BCUT2D eigenvalue weighted by atomic mass is 9.95. The molecule has 0 aromatic heterocycles. The van der Waals surface area contributed by atoms with Crippen molar-refractivity contribution in [3.8, 4) is 5.75 Å². The first-order chi connectivity index (χ1) is 8.82. The van der Waals surface area contributed by atoms with Gasteiger partial charge in [-0.1, -0.05) is 20.8 Å². The van der Waals surface area contributed by atoms with E-state index in [0.29, 0.717) is 11.3 Å². The van der Waals surface area contributed by atoms with Crippen molar-refractivity contribution in [2.24, 2.45) is 5.41 Å². The van der Waals surface area contributed by atoms with Gasteiger partial charge in [0.1, 0.15) is 11.6 Å². The van der Waals surface area contributed by atoms with Crippen molar-refractivity contribution in [1.29, 1.82) is 0 Å². The van der Waals surface area contributed by atoms with Gasteiger partial charge in [0.15, 0.2) is 0 Å². The molecule has 1 aliphatic rings. The van der Waals surface area contributed by atoms with Gasteiger partial charge < -0.3 is 10.1 Å². The molecule has 1 aliphatic carbocycles. The molecular formula is C15H20FNO2. The number of halogens is 1. The number of hydrogen-bond donors (Lipinski definition) is 1. The highest BCUT2D eigenvalue weighted by atomic mass is 19.1. The van der Waals surface area contributed by atoms with E-state index >= 15 is 0 Å². The zero-order valence-electron chi connectivity index (χ0n) is 11.8. The maximum absolute atomic E-state index is 13.8. The molecule has 1 N–H and O–H groups in total. The van der Waals surface area contributed by atoms with Crippen LogP contribution in [0.1, 0.15) is 38.7 Å². The predicted molar refractivity (Wildman–Crippen MR) is 71.7 cm³/mol. The molecule has 0 bridgehead atoms. The van der Waals surface area contributed by atoms with E-state index in [0.717, 1.165) is 6.42 Å². The SMILES string of the molecule is COc1ccc(F)c(C2CC2NC(=O)C(C)(C)C)c1. The van der Waals surface area contributed by atoms with Gasteiger partial charge in [-0.15, -0.1) is 0 Å². The van der Waals surface area contributed by atoms with Gasteiger partial charge in [-0.2, -0.15) is 0 Å². The molecule has 1 aromatic carbocycles. The minimum absolute atomic E-state index is 0.00306. The van der Waals surface area contributed by atoms with E-state index < -0.39 is 5.41 Å². The van der Waals surface area contributed by atoms with Gasteiger partial charge in [-0.3, -0.25) is 4.79 Å². The van der Waals surface area contributed by atoms with Crippen molar-refractivity contribution in [3.05, 3.63) is 29.6 Å². The molecule has 1 aromatic rings. The number of ether oxygens (including phenoxy) is 1. The summed E-state index contributed by atoms with van der Waals surface area (Å²) in [6.07, 6.45) is 0.784. The second-order valence-electron chi connectivity index (χ2n) is 6.06. The molecule has 0 saturated heterocycles. The molecule has 0 radical (unpaired) electrons. The summed E-state index contributed by atoms with van der Waals surface area (Å²) in [6, 6.07) is 4.76. The smallest absolute Gasteiger partial charge is 0.225 e. The Labute approximate surface area is 113 Å². The van der Waals surface area contributed by atoms with Crippen LogP contribution < -0.4 is 10.1 Å². The molecule has 0 heterocycles. The topological polar surface area (TPSA) is 38.3 Å². The van der Waals surface area contributed by atoms with Crippen molar-refractivity contribution in [2.45, 2.75) is 39.2 Å². The lowest BCUT2D eigenvalue weighted by Crippen LogP contribution is -2.36. The fourth-order valence-electron chi connectivity index (χ4n) is 2.02. The maximum Gasteiger partial charge on any atom is 0.225 e. The van der Waals surface area contributed by atoms with Crippen LogP contribution in [0.15, 0.2) is 18.2 Å². The van der Waals surface area contributed by atoms with Gasteiger partial charge in [0, 0.05) is 17.4 Å². The molecule has 3 nitrogen and oxygen atoms in total. The Bertz CT molecular complexity index is 493. The highest BCUT2D eigenvalue weighted by molar-refractivity contribution is 5.82. The van der Waals surface area contributed by atoms with Gasteiger partial charge >= 0.3 is 0 Å². The molecule has 104 valence electrons. The summed E-state index contributed by atoms with van der Waals surface area (Å²) >= 11 is 0. The molecule has 1 amide bonds. The third-order valence-electron chi connectivity index (χ3n) is 3.39. The van der Waals surface area contributed by atoms with Crippen molar-refractivity contribution >= 4 is 5.91 Å². The zero-order chi connectivity index (χ0) is 14.2. The normalized spacial score (nSPS) is 21.9. The zero-order valence-corrected chi connectivity index (χ0v) is 11.8. The maximum atomic E-state index is 13.8. The van der Waals surface area contributed by atoms with E-state index in [1.165, 1.54) is 6.07 Å². The number of benzene rings is 1. The molecule has 0 aliphatic heterocycles. The Morgan fingerprint density at radius 2 is 2.11 bits per heavy atom. The Balaban J connectivity index is 2.05. The highest BCUT2D eigenvalue weighted by Crippen LogP contribution is 2.43. The predicted octanol–water partition coefficient (Wildman–Crippen LogP) is 2.85. The van der Waals surface area contributed by atoms with Crippen LogP contribution in [0.2, 0.25) is 0 Å². The lowest BCUT2D eigenvalue weighted by molar-refractivity contribution is -0.128. The van der Waals surface area contributed by atoms with E-state index in [2.05, 4.69) is 5.32 Å². The quantitative estimate of drug-likeness (QED) is 0.912. The first-order valence-corrected chi connectivity index (χ1v) is 6.47. The third-order valence-corrected chi connectivity index (χ3v) is 3.39. The fourth-order valence-corrected chi connectivity index (χ4v) is 2.02. The molecule has 19 heavy (non-hydrogen) atoms. The highest BCUT2D eigenvalue weighted by Gasteiger charge is 2.42. The number of hydrogen-bond acceptors (Lipinski definition) is 2. The number of methoxy groups -OCH3 is 1. The van der Waals surface area contributed by atoms with Crippen LogP contribution in [-0.2, 0) is 4.79 Å². The summed E-state index contributed by atoms with van der Waals surface area (Å²) in [7, 11) is 1.56. The standard InChI is InChI=1S/C15H20FNO2/c1-15(2,3)14(18)17-13-8-11(13)10-7-9(19-4)5-6-12(10)16/h5-7,11,13H,8H2,1-4H3,(H,17,18). The Morgan fingerprint density at radius 3 is 2.68 bits per heavy atom. The van der Waals surface area contributed by atoms with Crippen molar-refractivity contribution in [1.82, 2.24) is 5.32 Å². The van der Waals surface area contributed by atoms with E-state index in [4.69, 9.17) is 4.74 Å². The molecule has 0 spiro atoms. The van der Waals surface area contributed by atoms with E-state index in [1.807, 2.05) is 20.8 Å². The molecule has 4 heteroatoms. The monoisotopic (exact) mass is 265 g/mol. The van der Waals surface area contributed by atoms with Crippen LogP contribution in [0.4, 0.5) is 4.39 Å². The van der Waals surface area contributed by atoms with Gasteiger partial charge in [-0.05, 0) is 30.2 Å².